The average molecular weight is 320 g/mol. The molecule has 24 heavy (non-hydrogen) atoms. The SMILES string of the molecule is Cc1cc2cc(-c3c(C)noc3C)nc(Nc3ccccn3)c2o1. The quantitative estimate of drug-likeness (QED) is 0.597. The van der Waals surface area contributed by atoms with Gasteiger partial charge < -0.3 is 14.3 Å². The monoisotopic (exact) mass is 320 g/mol. The van der Waals surface area contributed by atoms with Crippen molar-refractivity contribution in [2.45, 2.75) is 20.8 Å². The number of aryl methyl sites for hydroxylation is 3. The molecule has 0 aromatic carbocycles. The molecule has 4 heterocycles. The Morgan fingerprint density at radius 3 is 2.67 bits per heavy atom. The summed E-state index contributed by atoms with van der Waals surface area (Å²) in [7, 11) is 0. The van der Waals surface area contributed by atoms with E-state index in [-0.39, 0.29) is 0 Å². The summed E-state index contributed by atoms with van der Waals surface area (Å²) in [5.41, 5.74) is 3.20. The van der Waals surface area contributed by atoms with Crippen molar-refractivity contribution < 1.29 is 8.94 Å². The zero-order valence-electron chi connectivity index (χ0n) is 13.6. The second kappa shape index (κ2) is 5.49. The number of rotatable bonds is 3. The van der Waals surface area contributed by atoms with Crippen LogP contribution in [0.25, 0.3) is 22.2 Å². The number of pyridine rings is 2. The number of hydrogen-bond acceptors (Lipinski definition) is 6. The molecule has 0 fully saturated rings. The van der Waals surface area contributed by atoms with Crippen molar-refractivity contribution in [1.82, 2.24) is 15.1 Å². The second-order valence-corrected chi connectivity index (χ2v) is 5.67. The maximum absolute atomic E-state index is 5.81. The fraction of sp³-hybridized carbons (Fsp3) is 0.167. The summed E-state index contributed by atoms with van der Waals surface area (Å²) >= 11 is 0. The summed E-state index contributed by atoms with van der Waals surface area (Å²) in [5.74, 6) is 2.89. The highest BCUT2D eigenvalue weighted by molar-refractivity contribution is 5.92. The summed E-state index contributed by atoms with van der Waals surface area (Å²) in [6.07, 6.45) is 1.73. The predicted octanol–water partition coefficient (Wildman–Crippen LogP) is 4.55. The second-order valence-electron chi connectivity index (χ2n) is 5.67. The van der Waals surface area contributed by atoms with Crippen LogP contribution in [0.2, 0.25) is 0 Å². The van der Waals surface area contributed by atoms with Crippen molar-refractivity contribution in [3.8, 4) is 11.3 Å². The van der Waals surface area contributed by atoms with Gasteiger partial charge in [0.25, 0.3) is 0 Å². The smallest absolute Gasteiger partial charge is 0.176 e. The minimum Gasteiger partial charge on any atom is -0.457 e. The van der Waals surface area contributed by atoms with Crippen LogP contribution in [0.1, 0.15) is 17.2 Å². The first-order valence-electron chi connectivity index (χ1n) is 7.64. The van der Waals surface area contributed by atoms with E-state index in [1.165, 1.54) is 0 Å². The van der Waals surface area contributed by atoms with Crippen LogP contribution in [0, 0.1) is 20.8 Å². The van der Waals surface area contributed by atoms with Gasteiger partial charge in [0.2, 0.25) is 0 Å². The summed E-state index contributed by atoms with van der Waals surface area (Å²) in [6.45, 7) is 5.71. The van der Waals surface area contributed by atoms with Crippen LogP contribution in [-0.2, 0) is 0 Å². The normalized spacial score (nSPS) is 11.1. The van der Waals surface area contributed by atoms with E-state index in [0.29, 0.717) is 17.2 Å². The van der Waals surface area contributed by atoms with Crippen LogP contribution in [-0.4, -0.2) is 15.1 Å². The van der Waals surface area contributed by atoms with Gasteiger partial charge in [-0.1, -0.05) is 11.2 Å². The molecule has 0 saturated heterocycles. The Bertz CT molecular complexity index is 999. The van der Waals surface area contributed by atoms with Gasteiger partial charge in [0.1, 0.15) is 17.3 Å². The maximum Gasteiger partial charge on any atom is 0.176 e. The van der Waals surface area contributed by atoms with E-state index >= 15 is 0 Å². The Kier molecular flexibility index (Phi) is 3.30. The number of fused-ring (bicyclic) bond motifs is 1. The molecule has 4 aromatic rings. The van der Waals surface area contributed by atoms with Crippen molar-refractivity contribution in [3.63, 3.8) is 0 Å². The third kappa shape index (κ3) is 2.42. The highest BCUT2D eigenvalue weighted by Gasteiger charge is 2.17. The van der Waals surface area contributed by atoms with E-state index in [4.69, 9.17) is 13.9 Å². The molecule has 6 nitrogen and oxygen atoms in total. The molecular weight excluding hydrogens is 304 g/mol. The summed E-state index contributed by atoms with van der Waals surface area (Å²) in [4.78, 5) is 9.02. The average Bonchev–Trinajstić information content (AvgIpc) is 3.10. The van der Waals surface area contributed by atoms with Crippen LogP contribution >= 0.6 is 0 Å². The number of anilines is 2. The summed E-state index contributed by atoms with van der Waals surface area (Å²) < 4.78 is 11.1. The Labute approximate surface area is 138 Å². The fourth-order valence-electron chi connectivity index (χ4n) is 2.80. The summed E-state index contributed by atoms with van der Waals surface area (Å²) in [6, 6.07) is 9.64. The lowest BCUT2D eigenvalue weighted by Crippen LogP contribution is -1.98. The Morgan fingerprint density at radius 1 is 1.08 bits per heavy atom. The molecule has 0 aliphatic heterocycles. The Hall–Kier alpha value is -3.15. The molecule has 4 aromatic heterocycles. The van der Waals surface area contributed by atoms with E-state index in [1.54, 1.807) is 6.20 Å². The zero-order valence-corrected chi connectivity index (χ0v) is 13.6. The standard InChI is InChI=1S/C18H16N4O2/c1-10-8-13-9-14(16-11(2)22-24-12(16)3)20-18(17(13)23-10)21-15-6-4-5-7-19-15/h4-9H,1-3H3,(H,19,20,21). The molecule has 4 rings (SSSR count). The van der Waals surface area contributed by atoms with Gasteiger partial charge in [0.15, 0.2) is 11.4 Å². The molecule has 1 N–H and O–H groups in total. The molecule has 0 saturated carbocycles. The first-order valence-corrected chi connectivity index (χ1v) is 7.64. The minimum absolute atomic E-state index is 0.620. The van der Waals surface area contributed by atoms with Crippen LogP contribution < -0.4 is 5.32 Å². The van der Waals surface area contributed by atoms with Crippen LogP contribution in [0.3, 0.4) is 0 Å². The molecule has 0 unspecified atom stereocenters. The first-order chi connectivity index (χ1) is 11.6. The Balaban J connectivity index is 1.91. The molecule has 0 radical (unpaired) electrons. The van der Waals surface area contributed by atoms with Crippen molar-refractivity contribution in [2.75, 3.05) is 5.32 Å². The topological polar surface area (TPSA) is 77.0 Å². The van der Waals surface area contributed by atoms with Gasteiger partial charge in [0.05, 0.1) is 17.0 Å². The Morgan fingerprint density at radius 2 is 1.96 bits per heavy atom. The third-order valence-electron chi connectivity index (χ3n) is 3.82. The highest BCUT2D eigenvalue weighted by atomic mass is 16.5. The molecule has 6 heteroatoms. The van der Waals surface area contributed by atoms with E-state index in [1.807, 2.05) is 51.1 Å². The van der Waals surface area contributed by atoms with Crippen molar-refractivity contribution >= 4 is 22.6 Å². The predicted molar refractivity (Wildman–Crippen MR) is 91.2 cm³/mol. The maximum atomic E-state index is 5.81. The highest BCUT2D eigenvalue weighted by Crippen LogP contribution is 2.33. The minimum atomic E-state index is 0.620. The number of nitrogens with zero attached hydrogens (tertiary/aromatic N) is 3. The van der Waals surface area contributed by atoms with E-state index in [2.05, 4.69) is 15.5 Å². The fourth-order valence-corrected chi connectivity index (χ4v) is 2.80. The third-order valence-corrected chi connectivity index (χ3v) is 3.82. The lowest BCUT2D eigenvalue weighted by atomic mass is 10.1. The largest absolute Gasteiger partial charge is 0.457 e. The van der Waals surface area contributed by atoms with Gasteiger partial charge in [0, 0.05) is 11.6 Å². The number of furan rings is 1. The molecule has 0 atom stereocenters. The number of nitrogens with one attached hydrogen (secondary N) is 1. The molecular formula is C18H16N4O2. The molecule has 0 bridgehead atoms. The van der Waals surface area contributed by atoms with Crippen LogP contribution in [0.5, 0.6) is 0 Å². The van der Waals surface area contributed by atoms with Crippen molar-refractivity contribution in [2.24, 2.45) is 0 Å². The van der Waals surface area contributed by atoms with Gasteiger partial charge >= 0.3 is 0 Å². The van der Waals surface area contributed by atoms with Gasteiger partial charge in [-0.15, -0.1) is 0 Å². The number of aromatic nitrogens is 3. The van der Waals surface area contributed by atoms with Gasteiger partial charge in [-0.05, 0) is 45.0 Å². The van der Waals surface area contributed by atoms with Crippen molar-refractivity contribution in [3.05, 3.63) is 53.7 Å². The molecule has 120 valence electrons. The lowest BCUT2D eigenvalue weighted by molar-refractivity contribution is 0.393. The van der Waals surface area contributed by atoms with E-state index in [9.17, 15) is 0 Å². The van der Waals surface area contributed by atoms with Crippen LogP contribution in [0.15, 0.2) is 45.5 Å². The van der Waals surface area contributed by atoms with Gasteiger partial charge in [-0.25, -0.2) is 9.97 Å². The van der Waals surface area contributed by atoms with E-state index in [0.717, 1.165) is 33.9 Å². The van der Waals surface area contributed by atoms with E-state index < -0.39 is 0 Å². The number of hydrogen-bond donors (Lipinski definition) is 1. The molecule has 0 amide bonds. The summed E-state index contributed by atoms with van der Waals surface area (Å²) in [5, 5.41) is 8.22. The van der Waals surface area contributed by atoms with Crippen molar-refractivity contribution in [1.29, 1.82) is 0 Å². The first kappa shape index (κ1) is 14.4. The molecule has 0 aliphatic rings. The molecule has 0 spiro atoms. The zero-order chi connectivity index (χ0) is 16.7. The van der Waals surface area contributed by atoms with Gasteiger partial charge in [-0.3, -0.25) is 0 Å². The lowest BCUT2D eigenvalue weighted by Gasteiger charge is -2.08. The van der Waals surface area contributed by atoms with Gasteiger partial charge in [-0.2, -0.15) is 0 Å². The van der Waals surface area contributed by atoms with Crippen LogP contribution in [0.4, 0.5) is 11.6 Å². The molecule has 0 aliphatic carbocycles.